The summed E-state index contributed by atoms with van der Waals surface area (Å²) in [5.41, 5.74) is 11.5. The summed E-state index contributed by atoms with van der Waals surface area (Å²) in [5, 5.41) is 7.57. The van der Waals surface area contributed by atoms with E-state index in [2.05, 4.69) is 199 Å². The van der Waals surface area contributed by atoms with Crippen molar-refractivity contribution in [1.29, 1.82) is 0 Å². The predicted molar refractivity (Wildman–Crippen MR) is 231 cm³/mol. The van der Waals surface area contributed by atoms with Gasteiger partial charge in [0.1, 0.15) is 5.82 Å². The maximum Gasteiger partial charge on any atom is 0.138 e. The van der Waals surface area contributed by atoms with E-state index in [9.17, 15) is 0 Å². The van der Waals surface area contributed by atoms with E-state index >= 15 is 0 Å². The first kappa shape index (κ1) is 30.8. The molecule has 0 amide bonds. The SMILES string of the molecule is c1ccc(-c2cc(-c3ccccc3)nc(-n3c4ccccc4c4cc(-c5cccc6c(-c7ccc8sc9ccccc9c8c7)cccc56)ccc43)c2)cc1. The summed E-state index contributed by atoms with van der Waals surface area (Å²) in [6.07, 6.45) is 0. The van der Waals surface area contributed by atoms with Gasteiger partial charge < -0.3 is 0 Å². The number of hydrogen-bond donors (Lipinski definition) is 0. The molecule has 252 valence electrons. The molecule has 0 saturated carbocycles. The van der Waals surface area contributed by atoms with E-state index in [1.54, 1.807) is 0 Å². The number of nitrogens with zero attached hydrogens (tertiary/aromatic N) is 2. The summed E-state index contributed by atoms with van der Waals surface area (Å²) in [7, 11) is 0. The van der Waals surface area contributed by atoms with E-state index in [1.165, 1.54) is 69.5 Å². The molecule has 3 aromatic heterocycles. The zero-order valence-electron chi connectivity index (χ0n) is 29.3. The van der Waals surface area contributed by atoms with Crippen molar-refractivity contribution in [2.24, 2.45) is 0 Å². The minimum atomic E-state index is 0.902. The van der Waals surface area contributed by atoms with E-state index < -0.39 is 0 Å². The highest BCUT2D eigenvalue weighted by atomic mass is 32.1. The van der Waals surface area contributed by atoms with Crippen LogP contribution in [-0.2, 0) is 0 Å². The van der Waals surface area contributed by atoms with E-state index in [-0.39, 0.29) is 0 Å². The second-order valence-corrected chi connectivity index (χ2v) is 15.0. The quantitative estimate of drug-likeness (QED) is 0.174. The van der Waals surface area contributed by atoms with Gasteiger partial charge in [-0.05, 0) is 92.7 Å². The molecule has 0 unspecified atom stereocenters. The van der Waals surface area contributed by atoms with Crippen molar-refractivity contribution >= 4 is 64.1 Å². The van der Waals surface area contributed by atoms with Crippen molar-refractivity contribution in [1.82, 2.24) is 9.55 Å². The molecule has 0 spiro atoms. The van der Waals surface area contributed by atoms with Gasteiger partial charge in [0, 0.05) is 36.5 Å². The van der Waals surface area contributed by atoms with Crippen molar-refractivity contribution in [3.63, 3.8) is 0 Å². The van der Waals surface area contributed by atoms with E-state index in [1.807, 2.05) is 11.3 Å². The summed E-state index contributed by atoms with van der Waals surface area (Å²) in [5.74, 6) is 0.902. The first-order chi connectivity index (χ1) is 26.8. The Kier molecular flexibility index (Phi) is 7.07. The van der Waals surface area contributed by atoms with Crippen LogP contribution >= 0.6 is 11.3 Å². The Hall–Kier alpha value is -6.81. The number of thiophene rings is 1. The fraction of sp³-hybridized carbons (Fsp3) is 0. The molecule has 0 aliphatic rings. The van der Waals surface area contributed by atoms with Gasteiger partial charge in [0.25, 0.3) is 0 Å². The smallest absolute Gasteiger partial charge is 0.138 e. The number of aromatic nitrogens is 2. The largest absolute Gasteiger partial charge is 0.294 e. The molecule has 54 heavy (non-hydrogen) atoms. The summed E-state index contributed by atoms with van der Waals surface area (Å²) < 4.78 is 4.99. The van der Waals surface area contributed by atoms with Crippen molar-refractivity contribution in [2.45, 2.75) is 0 Å². The van der Waals surface area contributed by atoms with E-state index in [4.69, 9.17) is 4.98 Å². The third-order valence-electron chi connectivity index (χ3n) is 10.8. The molecule has 0 radical (unpaired) electrons. The minimum absolute atomic E-state index is 0.902. The van der Waals surface area contributed by atoms with Crippen LogP contribution in [0.25, 0.3) is 103 Å². The number of para-hydroxylation sites is 1. The monoisotopic (exact) mass is 704 g/mol. The molecular formula is C51H32N2S. The number of pyridine rings is 1. The normalized spacial score (nSPS) is 11.7. The Morgan fingerprint density at radius 2 is 0.907 bits per heavy atom. The lowest BCUT2D eigenvalue weighted by molar-refractivity contribution is 1.08. The average molecular weight is 705 g/mol. The van der Waals surface area contributed by atoms with Gasteiger partial charge in [-0.25, -0.2) is 4.98 Å². The molecule has 2 nitrogen and oxygen atoms in total. The molecular weight excluding hydrogens is 673 g/mol. The van der Waals surface area contributed by atoms with Gasteiger partial charge in [0.05, 0.1) is 16.7 Å². The Morgan fingerprint density at radius 1 is 0.333 bits per heavy atom. The van der Waals surface area contributed by atoms with Gasteiger partial charge in [0.2, 0.25) is 0 Å². The zero-order valence-corrected chi connectivity index (χ0v) is 30.1. The fourth-order valence-electron chi connectivity index (χ4n) is 8.28. The molecule has 0 atom stereocenters. The van der Waals surface area contributed by atoms with Crippen molar-refractivity contribution in [2.75, 3.05) is 0 Å². The van der Waals surface area contributed by atoms with Crippen LogP contribution in [0, 0.1) is 0 Å². The number of rotatable bonds is 5. The van der Waals surface area contributed by atoms with Crippen molar-refractivity contribution in [3.8, 4) is 50.5 Å². The summed E-state index contributed by atoms with van der Waals surface area (Å²) >= 11 is 1.86. The molecule has 11 aromatic rings. The molecule has 3 heteroatoms. The number of benzene rings is 8. The fourth-order valence-corrected chi connectivity index (χ4v) is 9.37. The molecule has 0 aliphatic heterocycles. The Bertz CT molecular complexity index is 3150. The third kappa shape index (κ3) is 4.97. The Balaban J connectivity index is 1.09. The molecule has 0 fully saturated rings. The van der Waals surface area contributed by atoms with Crippen LogP contribution in [0.4, 0.5) is 0 Å². The highest BCUT2D eigenvalue weighted by Gasteiger charge is 2.18. The molecule has 0 N–H and O–H groups in total. The topological polar surface area (TPSA) is 17.8 Å². The van der Waals surface area contributed by atoms with Crippen molar-refractivity contribution < 1.29 is 0 Å². The van der Waals surface area contributed by atoms with Crippen LogP contribution in [-0.4, -0.2) is 9.55 Å². The average Bonchev–Trinajstić information content (AvgIpc) is 3.79. The Labute approximate surface area is 316 Å². The van der Waals surface area contributed by atoms with Crippen LogP contribution < -0.4 is 0 Å². The van der Waals surface area contributed by atoms with Gasteiger partial charge in [-0.2, -0.15) is 0 Å². The highest BCUT2D eigenvalue weighted by Crippen LogP contribution is 2.41. The van der Waals surface area contributed by atoms with Crippen LogP contribution in [0.15, 0.2) is 194 Å². The van der Waals surface area contributed by atoms with Crippen molar-refractivity contribution in [3.05, 3.63) is 194 Å². The van der Waals surface area contributed by atoms with E-state index in [0.29, 0.717) is 0 Å². The van der Waals surface area contributed by atoms with Gasteiger partial charge in [0.15, 0.2) is 0 Å². The van der Waals surface area contributed by atoms with Gasteiger partial charge in [-0.1, -0.05) is 146 Å². The summed E-state index contributed by atoms with van der Waals surface area (Å²) in [6, 6.07) is 70.3. The predicted octanol–water partition coefficient (Wildman–Crippen LogP) is 14.4. The van der Waals surface area contributed by atoms with Gasteiger partial charge in [-0.3, -0.25) is 4.57 Å². The second-order valence-electron chi connectivity index (χ2n) is 13.9. The van der Waals surface area contributed by atoms with E-state index in [0.717, 1.165) is 33.7 Å². The molecule has 0 saturated heterocycles. The maximum atomic E-state index is 5.33. The highest BCUT2D eigenvalue weighted by molar-refractivity contribution is 7.25. The third-order valence-corrected chi connectivity index (χ3v) is 12.0. The van der Waals surface area contributed by atoms with Gasteiger partial charge in [-0.15, -0.1) is 11.3 Å². The zero-order chi connectivity index (χ0) is 35.6. The second kappa shape index (κ2) is 12.4. The first-order valence-corrected chi connectivity index (χ1v) is 19.2. The molecule has 0 aliphatic carbocycles. The van der Waals surface area contributed by atoms with Crippen LogP contribution in [0.1, 0.15) is 0 Å². The molecule has 11 rings (SSSR count). The first-order valence-electron chi connectivity index (χ1n) is 18.4. The lowest BCUT2D eigenvalue weighted by Crippen LogP contribution is -2.00. The number of fused-ring (bicyclic) bond motifs is 7. The summed E-state index contributed by atoms with van der Waals surface area (Å²) in [6.45, 7) is 0. The number of hydrogen-bond acceptors (Lipinski definition) is 2. The molecule has 8 aromatic carbocycles. The summed E-state index contributed by atoms with van der Waals surface area (Å²) in [4.78, 5) is 5.33. The lowest BCUT2D eigenvalue weighted by atomic mass is 9.92. The van der Waals surface area contributed by atoms with Gasteiger partial charge >= 0.3 is 0 Å². The molecule has 3 heterocycles. The Morgan fingerprint density at radius 3 is 1.67 bits per heavy atom. The lowest BCUT2D eigenvalue weighted by Gasteiger charge is -2.14. The maximum absolute atomic E-state index is 5.33. The van der Waals surface area contributed by atoms with Crippen LogP contribution in [0.5, 0.6) is 0 Å². The standard InChI is InChI=1S/C51H32N2S/c1-3-13-33(14-4-1)37-31-46(34-15-5-2-6-16-34)52-51(32-37)53-47-23-9-7-17-42(47)44-29-35(25-27-48(44)53)38-19-11-22-41-39(20-12-21-40(38)41)36-26-28-50-45(30-36)43-18-8-10-24-49(43)54-50/h1-32H. The van der Waals surface area contributed by atoms with Crippen LogP contribution in [0.3, 0.4) is 0 Å². The van der Waals surface area contributed by atoms with Crippen LogP contribution in [0.2, 0.25) is 0 Å². The minimum Gasteiger partial charge on any atom is -0.294 e. The molecule has 0 bridgehead atoms.